The second-order valence-electron chi connectivity index (χ2n) is 5.34. The third-order valence-electron chi connectivity index (χ3n) is 4.02. The summed E-state index contributed by atoms with van der Waals surface area (Å²) in [6, 6.07) is 9.69. The molecule has 3 heteroatoms. The number of benzene rings is 1. The fourth-order valence-corrected chi connectivity index (χ4v) is 2.87. The number of pyridine rings is 1. The van der Waals surface area contributed by atoms with Crippen LogP contribution >= 0.6 is 0 Å². The summed E-state index contributed by atoms with van der Waals surface area (Å²) in [5, 5.41) is 3.99. The Labute approximate surface area is 118 Å². The van der Waals surface area contributed by atoms with E-state index < -0.39 is 0 Å². The quantitative estimate of drug-likeness (QED) is 0.855. The molecule has 1 heterocycles. The van der Waals surface area contributed by atoms with Crippen molar-refractivity contribution in [3.63, 3.8) is 0 Å². The molecule has 1 N–H and O–H groups in total. The predicted octanol–water partition coefficient (Wildman–Crippen LogP) is 3.92. The van der Waals surface area contributed by atoms with Gasteiger partial charge in [0, 0.05) is 17.2 Å². The van der Waals surface area contributed by atoms with Crippen molar-refractivity contribution < 1.29 is 4.79 Å². The minimum absolute atomic E-state index is 0.0740. The molecule has 0 bridgehead atoms. The van der Waals surface area contributed by atoms with Gasteiger partial charge < -0.3 is 5.32 Å². The lowest BCUT2D eigenvalue weighted by atomic mass is 9.98. The van der Waals surface area contributed by atoms with Crippen LogP contribution in [-0.4, -0.2) is 10.9 Å². The van der Waals surface area contributed by atoms with Crippen LogP contribution in [0.15, 0.2) is 48.7 Å². The normalized spacial score (nSPS) is 15.4. The number of hydrogen-bond acceptors (Lipinski definition) is 2. The van der Waals surface area contributed by atoms with E-state index in [1.54, 1.807) is 6.20 Å². The molecule has 0 aliphatic heterocycles. The van der Waals surface area contributed by atoms with Crippen LogP contribution in [0.1, 0.15) is 25.7 Å². The number of hydrogen-bond donors (Lipinski definition) is 1. The van der Waals surface area contributed by atoms with Gasteiger partial charge in [0.05, 0.1) is 11.2 Å². The zero-order chi connectivity index (χ0) is 13.9. The maximum absolute atomic E-state index is 12.3. The van der Waals surface area contributed by atoms with Gasteiger partial charge in [0.15, 0.2) is 0 Å². The van der Waals surface area contributed by atoms with Gasteiger partial charge in [0.25, 0.3) is 5.91 Å². The standard InChI is InChI=1S/C17H18N2O/c1-12(13-6-2-3-7-13)17(20)19-15-10-4-8-14-9-5-11-18-16(14)15/h4-5,8-11,13H,1-3,6-7H2,(H,19,20). The molecule has 1 saturated carbocycles. The summed E-state index contributed by atoms with van der Waals surface area (Å²) >= 11 is 0. The highest BCUT2D eigenvalue weighted by molar-refractivity contribution is 6.07. The van der Waals surface area contributed by atoms with Gasteiger partial charge in [0.2, 0.25) is 0 Å². The SMILES string of the molecule is C=C(C(=O)Nc1cccc2cccnc12)C1CCCC1. The van der Waals surface area contributed by atoms with Gasteiger partial charge in [-0.3, -0.25) is 9.78 Å². The smallest absolute Gasteiger partial charge is 0.251 e. The van der Waals surface area contributed by atoms with Crippen LogP contribution in [0.5, 0.6) is 0 Å². The third-order valence-corrected chi connectivity index (χ3v) is 4.02. The van der Waals surface area contributed by atoms with E-state index in [0.717, 1.165) is 29.4 Å². The molecule has 0 saturated heterocycles. The number of rotatable bonds is 3. The Morgan fingerprint density at radius 3 is 2.75 bits per heavy atom. The molecule has 1 amide bonds. The Morgan fingerprint density at radius 1 is 1.20 bits per heavy atom. The van der Waals surface area contributed by atoms with E-state index in [1.165, 1.54) is 12.8 Å². The maximum Gasteiger partial charge on any atom is 0.251 e. The van der Waals surface area contributed by atoms with Crippen molar-refractivity contribution in [3.8, 4) is 0 Å². The minimum Gasteiger partial charge on any atom is -0.320 e. The number of aromatic nitrogens is 1. The summed E-state index contributed by atoms with van der Waals surface area (Å²) in [6.45, 7) is 3.98. The monoisotopic (exact) mass is 266 g/mol. The fraction of sp³-hybridized carbons (Fsp3) is 0.294. The zero-order valence-electron chi connectivity index (χ0n) is 11.4. The Kier molecular flexibility index (Phi) is 3.50. The van der Waals surface area contributed by atoms with Crippen LogP contribution in [0.2, 0.25) is 0 Å². The molecule has 20 heavy (non-hydrogen) atoms. The first kappa shape index (κ1) is 12.9. The van der Waals surface area contributed by atoms with Gasteiger partial charge in [-0.2, -0.15) is 0 Å². The fourth-order valence-electron chi connectivity index (χ4n) is 2.87. The highest BCUT2D eigenvalue weighted by Crippen LogP contribution is 2.31. The van der Waals surface area contributed by atoms with Crippen LogP contribution in [0.25, 0.3) is 10.9 Å². The highest BCUT2D eigenvalue weighted by atomic mass is 16.1. The second-order valence-corrected chi connectivity index (χ2v) is 5.34. The van der Waals surface area contributed by atoms with E-state index in [-0.39, 0.29) is 5.91 Å². The first-order valence-electron chi connectivity index (χ1n) is 7.09. The van der Waals surface area contributed by atoms with Crippen molar-refractivity contribution in [2.75, 3.05) is 5.32 Å². The lowest BCUT2D eigenvalue weighted by Gasteiger charge is -2.13. The Hall–Kier alpha value is -2.16. The van der Waals surface area contributed by atoms with Gasteiger partial charge >= 0.3 is 0 Å². The van der Waals surface area contributed by atoms with Crippen LogP contribution in [0.3, 0.4) is 0 Å². The summed E-state index contributed by atoms with van der Waals surface area (Å²) in [5.74, 6) is 0.271. The Bertz CT molecular complexity index is 652. The van der Waals surface area contributed by atoms with Gasteiger partial charge in [-0.15, -0.1) is 0 Å². The largest absolute Gasteiger partial charge is 0.320 e. The summed E-state index contributed by atoms with van der Waals surface area (Å²) < 4.78 is 0. The first-order valence-corrected chi connectivity index (χ1v) is 7.09. The van der Waals surface area contributed by atoms with Gasteiger partial charge in [-0.05, 0) is 30.9 Å². The molecule has 3 rings (SSSR count). The Morgan fingerprint density at radius 2 is 1.95 bits per heavy atom. The highest BCUT2D eigenvalue weighted by Gasteiger charge is 2.23. The molecule has 1 aromatic carbocycles. The molecule has 1 aliphatic rings. The summed E-state index contributed by atoms with van der Waals surface area (Å²) in [5.41, 5.74) is 2.28. The third kappa shape index (κ3) is 2.44. The molecule has 2 aromatic rings. The Balaban J connectivity index is 1.82. The van der Waals surface area contributed by atoms with E-state index in [4.69, 9.17) is 0 Å². The van der Waals surface area contributed by atoms with Gasteiger partial charge in [-0.1, -0.05) is 37.6 Å². The number of amides is 1. The first-order chi connectivity index (χ1) is 9.75. The molecule has 0 atom stereocenters. The molecular weight excluding hydrogens is 248 g/mol. The summed E-state index contributed by atoms with van der Waals surface area (Å²) in [7, 11) is 0. The summed E-state index contributed by atoms with van der Waals surface area (Å²) in [6.07, 6.45) is 6.31. The van der Waals surface area contributed by atoms with Crippen molar-refractivity contribution in [3.05, 3.63) is 48.7 Å². The van der Waals surface area contributed by atoms with Crippen LogP contribution in [0.4, 0.5) is 5.69 Å². The predicted molar refractivity (Wildman–Crippen MR) is 81.5 cm³/mol. The van der Waals surface area contributed by atoms with E-state index >= 15 is 0 Å². The maximum atomic E-state index is 12.3. The lowest BCUT2D eigenvalue weighted by Crippen LogP contribution is -2.18. The van der Waals surface area contributed by atoms with Crippen LogP contribution in [0, 0.1) is 5.92 Å². The van der Waals surface area contributed by atoms with Crippen LogP contribution < -0.4 is 5.32 Å². The average Bonchev–Trinajstić information content (AvgIpc) is 3.01. The molecule has 1 fully saturated rings. The number of nitrogens with one attached hydrogen (secondary N) is 1. The van der Waals surface area contributed by atoms with E-state index in [2.05, 4.69) is 16.9 Å². The molecule has 1 aromatic heterocycles. The minimum atomic E-state index is -0.0740. The zero-order valence-corrected chi connectivity index (χ0v) is 11.4. The van der Waals surface area contributed by atoms with Gasteiger partial charge in [-0.25, -0.2) is 0 Å². The molecule has 102 valence electrons. The molecule has 0 spiro atoms. The number of nitrogens with zero attached hydrogens (tertiary/aromatic N) is 1. The van der Waals surface area contributed by atoms with Crippen LogP contribution in [-0.2, 0) is 4.79 Å². The number of fused-ring (bicyclic) bond motifs is 1. The number of carbonyl (C=O) groups is 1. The summed E-state index contributed by atoms with van der Waals surface area (Å²) in [4.78, 5) is 16.7. The number of para-hydroxylation sites is 1. The van der Waals surface area contributed by atoms with Crippen molar-refractivity contribution in [1.82, 2.24) is 4.98 Å². The van der Waals surface area contributed by atoms with E-state index in [1.807, 2.05) is 30.3 Å². The average molecular weight is 266 g/mol. The molecule has 0 unspecified atom stereocenters. The lowest BCUT2D eigenvalue weighted by molar-refractivity contribution is -0.113. The van der Waals surface area contributed by atoms with Crippen molar-refractivity contribution >= 4 is 22.5 Å². The molecule has 3 nitrogen and oxygen atoms in total. The second kappa shape index (κ2) is 5.45. The topological polar surface area (TPSA) is 42.0 Å². The number of carbonyl (C=O) groups excluding carboxylic acids is 1. The van der Waals surface area contributed by atoms with Crippen molar-refractivity contribution in [2.45, 2.75) is 25.7 Å². The van der Waals surface area contributed by atoms with Crippen molar-refractivity contribution in [1.29, 1.82) is 0 Å². The van der Waals surface area contributed by atoms with E-state index in [0.29, 0.717) is 11.5 Å². The number of anilines is 1. The van der Waals surface area contributed by atoms with E-state index in [9.17, 15) is 4.79 Å². The van der Waals surface area contributed by atoms with Crippen molar-refractivity contribution in [2.24, 2.45) is 5.92 Å². The molecular formula is C17H18N2O. The molecule has 0 radical (unpaired) electrons. The van der Waals surface area contributed by atoms with Gasteiger partial charge in [0.1, 0.15) is 0 Å². The molecule has 1 aliphatic carbocycles.